The first kappa shape index (κ1) is 18.0. The maximum Gasteiger partial charge on any atom is 0.231 e. The number of carbonyl (C=O) groups excluding carboxylic acids is 2. The standard InChI is InChI=1S/C23H24N2O4/c1-15(26)25-12-18-11-24(13-19(18)23(25)17-5-3-2-4-6-17)22(27)10-16-7-8-20-21(9-16)29-14-28-20/h2-9,18-19,23H,10-14H2,1H3/t18-,19-,23-/m1/s1. The summed E-state index contributed by atoms with van der Waals surface area (Å²) < 4.78 is 10.8. The number of hydrogen-bond acceptors (Lipinski definition) is 4. The molecule has 5 rings (SSSR count). The van der Waals surface area contributed by atoms with Crippen LogP contribution in [-0.2, 0) is 16.0 Å². The number of nitrogens with zero attached hydrogens (tertiary/aromatic N) is 2. The van der Waals surface area contributed by atoms with Crippen LogP contribution < -0.4 is 9.47 Å². The van der Waals surface area contributed by atoms with E-state index in [1.165, 1.54) is 0 Å². The van der Waals surface area contributed by atoms with Crippen molar-refractivity contribution in [3.63, 3.8) is 0 Å². The van der Waals surface area contributed by atoms with Crippen molar-refractivity contribution in [2.75, 3.05) is 26.4 Å². The molecule has 2 fully saturated rings. The Morgan fingerprint density at radius 3 is 2.59 bits per heavy atom. The lowest BCUT2D eigenvalue weighted by Gasteiger charge is -2.29. The second-order valence-corrected chi connectivity index (χ2v) is 8.11. The highest BCUT2D eigenvalue weighted by molar-refractivity contribution is 5.80. The molecule has 3 heterocycles. The van der Waals surface area contributed by atoms with Crippen LogP contribution >= 0.6 is 0 Å². The quantitative estimate of drug-likeness (QED) is 0.806. The molecule has 2 aromatic rings. The number of fused-ring (bicyclic) bond motifs is 2. The normalized spacial score (nSPS) is 24.7. The molecule has 2 amide bonds. The smallest absolute Gasteiger partial charge is 0.231 e. The Labute approximate surface area is 170 Å². The Balaban J connectivity index is 1.31. The molecule has 0 saturated carbocycles. The van der Waals surface area contributed by atoms with Gasteiger partial charge in [-0.2, -0.15) is 0 Å². The largest absolute Gasteiger partial charge is 0.454 e. The zero-order chi connectivity index (χ0) is 20.0. The van der Waals surface area contributed by atoms with Gasteiger partial charge in [-0.05, 0) is 23.3 Å². The lowest BCUT2D eigenvalue weighted by atomic mass is 9.89. The molecular formula is C23H24N2O4. The summed E-state index contributed by atoms with van der Waals surface area (Å²) in [5, 5.41) is 0. The molecule has 3 aliphatic rings. The van der Waals surface area contributed by atoms with Gasteiger partial charge in [0.25, 0.3) is 0 Å². The molecule has 0 N–H and O–H groups in total. The van der Waals surface area contributed by atoms with Crippen LogP contribution in [0.4, 0.5) is 0 Å². The highest BCUT2D eigenvalue weighted by atomic mass is 16.7. The molecular weight excluding hydrogens is 368 g/mol. The second-order valence-electron chi connectivity index (χ2n) is 8.11. The molecule has 0 aromatic heterocycles. The minimum Gasteiger partial charge on any atom is -0.454 e. The van der Waals surface area contributed by atoms with E-state index in [2.05, 4.69) is 12.1 Å². The molecule has 0 bridgehead atoms. The van der Waals surface area contributed by atoms with Gasteiger partial charge in [0.1, 0.15) is 0 Å². The third-order valence-corrected chi connectivity index (χ3v) is 6.35. The lowest BCUT2D eigenvalue weighted by molar-refractivity contribution is -0.131. The number of carbonyl (C=O) groups is 2. The van der Waals surface area contributed by atoms with Gasteiger partial charge in [-0.1, -0.05) is 36.4 Å². The van der Waals surface area contributed by atoms with Gasteiger partial charge < -0.3 is 19.3 Å². The van der Waals surface area contributed by atoms with Crippen LogP contribution in [-0.4, -0.2) is 48.0 Å². The van der Waals surface area contributed by atoms with Gasteiger partial charge in [-0.15, -0.1) is 0 Å². The molecule has 6 nitrogen and oxygen atoms in total. The average molecular weight is 392 g/mol. The van der Waals surface area contributed by atoms with Crippen LogP contribution in [0, 0.1) is 11.8 Å². The predicted molar refractivity (Wildman–Crippen MR) is 106 cm³/mol. The molecule has 0 unspecified atom stereocenters. The molecule has 2 saturated heterocycles. The molecule has 150 valence electrons. The summed E-state index contributed by atoms with van der Waals surface area (Å²) in [5.74, 6) is 2.26. The Morgan fingerprint density at radius 1 is 1.00 bits per heavy atom. The van der Waals surface area contributed by atoms with Crippen molar-refractivity contribution >= 4 is 11.8 Å². The van der Waals surface area contributed by atoms with Gasteiger partial charge in [0.2, 0.25) is 18.6 Å². The molecule has 6 heteroatoms. The summed E-state index contributed by atoms with van der Waals surface area (Å²) in [6.45, 7) is 3.99. The zero-order valence-corrected chi connectivity index (χ0v) is 16.4. The zero-order valence-electron chi connectivity index (χ0n) is 16.4. The predicted octanol–water partition coefficient (Wildman–Crippen LogP) is 2.64. The van der Waals surface area contributed by atoms with Crippen molar-refractivity contribution in [2.45, 2.75) is 19.4 Å². The molecule has 29 heavy (non-hydrogen) atoms. The van der Waals surface area contributed by atoms with Crippen LogP contribution in [0.15, 0.2) is 48.5 Å². The van der Waals surface area contributed by atoms with E-state index < -0.39 is 0 Å². The fourth-order valence-corrected chi connectivity index (χ4v) is 4.99. The third-order valence-electron chi connectivity index (χ3n) is 6.35. The fraction of sp³-hybridized carbons (Fsp3) is 0.391. The fourth-order valence-electron chi connectivity index (χ4n) is 4.99. The Hall–Kier alpha value is -3.02. The van der Waals surface area contributed by atoms with Crippen molar-refractivity contribution in [2.24, 2.45) is 11.8 Å². The molecule has 3 atom stereocenters. The third kappa shape index (κ3) is 3.22. The van der Waals surface area contributed by atoms with Gasteiger partial charge in [0, 0.05) is 38.4 Å². The molecule has 0 aliphatic carbocycles. The summed E-state index contributed by atoms with van der Waals surface area (Å²) in [6, 6.07) is 15.9. The molecule has 0 spiro atoms. The number of ether oxygens (including phenoxy) is 2. The highest BCUT2D eigenvalue weighted by Gasteiger charge is 2.49. The number of rotatable bonds is 3. The first-order valence-corrected chi connectivity index (χ1v) is 10.1. The van der Waals surface area contributed by atoms with Crippen molar-refractivity contribution in [1.29, 1.82) is 0 Å². The topological polar surface area (TPSA) is 59.1 Å². The van der Waals surface area contributed by atoms with Crippen molar-refractivity contribution in [1.82, 2.24) is 9.80 Å². The molecule has 2 aromatic carbocycles. The van der Waals surface area contributed by atoms with Crippen molar-refractivity contribution < 1.29 is 19.1 Å². The first-order chi connectivity index (χ1) is 14.1. The van der Waals surface area contributed by atoms with Gasteiger partial charge in [0.05, 0.1) is 12.5 Å². The average Bonchev–Trinajstić information content (AvgIpc) is 3.42. The van der Waals surface area contributed by atoms with Crippen LogP contribution in [0.25, 0.3) is 0 Å². The summed E-state index contributed by atoms with van der Waals surface area (Å²) in [6.07, 6.45) is 0.350. The van der Waals surface area contributed by atoms with E-state index >= 15 is 0 Å². The minimum atomic E-state index is 0.0436. The van der Waals surface area contributed by atoms with Crippen LogP contribution in [0.1, 0.15) is 24.1 Å². The van der Waals surface area contributed by atoms with E-state index in [4.69, 9.17) is 9.47 Å². The van der Waals surface area contributed by atoms with E-state index in [9.17, 15) is 9.59 Å². The molecule has 3 aliphatic heterocycles. The number of amides is 2. The summed E-state index contributed by atoms with van der Waals surface area (Å²) in [7, 11) is 0. The Bertz CT molecular complexity index is 945. The number of hydrogen-bond donors (Lipinski definition) is 0. The second kappa shape index (κ2) is 7.10. The Kier molecular flexibility index (Phi) is 4.42. The maximum absolute atomic E-state index is 13.0. The van der Waals surface area contributed by atoms with Gasteiger partial charge in [0.15, 0.2) is 11.5 Å². The number of likely N-dealkylation sites (tertiary alicyclic amines) is 2. The first-order valence-electron chi connectivity index (χ1n) is 10.1. The van der Waals surface area contributed by atoms with Gasteiger partial charge in [-0.3, -0.25) is 9.59 Å². The highest BCUT2D eigenvalue weighted by Crippen LogP contribution is 2.45. The number of benzene rings is 2. The summed E-state index contributed by atoms with van der Waals surface area (Å²) in [5.41, 5.74) is 2.08. The maximum atomic E-state index is 13.0. The summed E-state index contributed by atoms with van der Waals surface area (Å²) in [4.78, 5) is 29.2. The van der Waals surface area contributed by atoms with Crippen LogP contribution in [0.3, 0.4) is 0 Å². The summed E-state index contributed by atoms with van der Waals surface area (Å²) >= 11 is 0. The van der Waals surface area contributed by atoms with E-state index in [1.807, 2.05) is 46.2 Å². The Morgan fingerprint density at radius 2 is 1.79 bits per heavy atom. The van der Waals surface area contributed by atoms with E-state index in [0.717, 1.165) is 16.9 Å². The van der Waals surface area contributed by atoms with Crippen LogP contribution in [0.5, 0.6) is 11.5 Å². The van der Waals surface area contributed by atoms with E-state index in [-0.39, 0.29) is 30.6 Å². The lowest BCUT2D eigenvalue weighted by Crippen LogP contribution is -2.37. The van der Waals surface area contributed by atoms with Crippen LogP contribution in [0.2, 0.25) is 0 Å². The van der Waals surface area contributed by atoms with Gasteiger partial charge >= 0.3 is 0 Å². The van der Waals surface area contributed by atoms with Crippen molar-refractivity contribution in [3.05, 3.63) is 59.7 Å². The minimum absolute atomic E-state index is 0.0436. The molecule has 0 radical (unpaired) electrons. The van der Waals surface area contributed by atoms with E-state index in [1.54, 1.807) is 6.92 Å². The van der Waals surface area contributed by atoms with Crippen molar-refractivity contribution in [3.8, 4) is 11.5 Å². The van der Waals surface area contributed by atoms with E-state index in [0.29, 0.717) is 37.7 Å². The SMILES string of the molecule is CC(=O)N1C[C@H]2CN(C(=O)Cc3ccc4c(c3)OCO4)C[C@H]2[C@H]1c1ccccc1. The van der Waals surface area contributed by atoms with Gasteiger partial charge in [-0.25, -0.2) is 0 Å². The monoisotopic (exact) mass is 392 g/mol.